The zero-order valence-corrected chi connectivity index (χ0v) is 31.5. The second-order valence-corrected chi connectivity index (χ2v) is 18.1. The minimum absolute atomic E-state index is 0.0787. The lowest BCUT2D eigenvalue weighted by atomic mass is 9.43. The number of rotatable bonds is 8. The molecule has 6 rings (SSSR count). The molecule has 12 nitrogen and oxygen atoms in total. The molecule has 4 saturated carbocycles. The fourth-order valence-electron chi connectivity index (χ4n) is 12.0. The van der Waals surface area contributed by atoms with E-state index in [9.17, 15) is 40.9 Å². The summed E-state index contributed by atoms with van der Waals surface area (Å²) in [7, 11) is 0. The van der Waals surface area contributed by atoms with E-state index in [0.29, 0.717) is 25.7 Å². The Labute approximate surface area is 303 Å². The Morgan fingerprint density at radius 1 is 0.765 bits per heavy atom. The van der Waals surface area contributed by atoms with Crippen LogP contribution in [0.15, 0.2) is 11.6 Å². The van der Waals surface area contributed by atoms with Crippen LogP contribution >= 0.6 is 0 Å². The van der Waals surface area contributed by atoms with E-state index in [-0.39, 0.29) is 52.4 Å². The number of fused-ring (bicyclic) bond motifs is 5. The molecule has 294 valence electrons. The number of aliphatic hydroxyl groups excluding tert-OH is 8. The van der Waals surface area contributed by atoms with E-state index in [4.69, 9.17) is 18.9 Å². The number of hydrogen-bond acceptors (Lipinski definition) is 12. The Bertz CT molecular complexity index is 1230. The van der Waals surface area contributed by atoms with Crippen molar-refractivity contribution in [1.82, 2.24) is 0 Å². The summed E-state index contributed by atoms with van der Waals surface area (Å²) in [6, 6.07) is 0. The maximum absolute atomic E-state index is 11.6. The summed E-state index contributed by atoms with van der Waals surface area (Å²) in [5.74, 6) is 0.657. The molecule has 0 aromatic rings. The molecule has 0 aromatic carbocycles. The largest absolute Gasteiger partial charge is 0.393 e. The molecule has 0 amide bonds. The number of hydrogen-bond donors (Lipinski definition) is 8. The second kappa shape index (κ2) is 15.1. The lowest BCUT2D eigenvalue weighted by molar-refractivity contribution is -0.328. The smallest absolute Gasteiger partial charge is 0.186 e. The van der Waals surface area contributed by atoms with Crippen molar-refractivity contribution in [3.05, 3.63) is 11.6 Å². The molecule has 0 radical (unpaired) electrons. The molecule has 4 aliphatic carbocycles. The van der Waals surface area contributed by atoms with E-state index < -0.39 is 79.7 Å². The van der Waals surface area contributed by atoms with Crippen LogP contribution in [-0.4, -0.2) is 127 Å². The van der Waals surface area contributed by atoms with Crippen molar-refractivity contribution >= 4 is 0 Å². The third kappa shape index (κ3) is 7.01. The zero-order valence-electron chi connectivity index (χ0n) is 31.5. The van der Waals surface area contributed by atoms with Gasteiger partial charge in [-0.05, 0) is 119 Å². The molecule has 6 fully saturated rings. The van der Waals surface area contributed by atoms with Gasteiger partial charge in [0.05, 0.1) is 36.6 Å². The van der Waals surface area contributed by atoms with Crippen molar-refractivity contribution in [2.24, 2.45) is 46.3 Å². The summed E-state index contributed by atoms with van der Waals surface area (Å²) in [5.41, 5.74) is 0.557. The Morgan fingerprint density at radius 3 is 1.94 bits per heavy atom. The van der Waals surface area contributed by atoms with Gasteiger partial charge in [-0.15, -0.1) is 0 Å². The van der Waals surface area contributed by atoms with Crippen molar-refractivity contribution < 1.29 is 59.8 Å². The molecule has 2 heterocycles. The van der Waals surface area contributed by atoms with Crippen LogP contribution in [0.3, 0.4) is 0 Å². The van der Waals surface area contributed by atoms with Crippen LogP contribution in [-0.2, 0) is 18.9 Å². The molecule has 22 atom stereocenters. The van der Waals surface area contributed by atoms with E-state index >= 15 is 0 Å². The van der Waals surface area contributed by atoms with Crippen LogP contribution in [0.25, 0.3) is 0 Å². The maximum Gasteiger partial charge on any atom is 0.186 e. The summed E-state index contributed by atoms with van der Waals surface area (Å²) in [6.45, 7) is 14.0. The van der Waals surface area contributed by atoms with Crippen molar-refractivity contribution in [3.8, 4) is 0 Å². The van der Waals surface area contributed by atoms with Crippen LogP contribution in [0, 0.1) is 46.3 Å². The van der Waals surface area contributed by atoms with Gasteiger partial charge in [-0.3, -0.25) is 0 Å². The Morgan fingerprint density at radius 2 is 1.35 bits per heavy atom. The Kier molecular flexibility index (Phi) is 11.8. The molecule has 0 bridgehead atoms. The average molecular weight is 727 g/mol. The third-order valence-electron chi connectivity index (χ3n) is 15.0. The van der Waals surface area contributed by atoms with Gasteiger partial charge >= 0.3 is 0 Å². The van der Waals surface area contributed by atoms with Gasteiger partial charge in [-0.2, -0.15) is 0 Å². The molecule has 2 saturated heterocycles. The fraction of sp³-hybridized carbons (Fsp3) is 0.949. The van der Waals surface area contributed by atoms with Gasteiger partial charge in [0.25, 0.3) is 0 Å². The predicted molar refractivity (Wildman–Crippen MR) is 186 cm³/mol. The average Bonchev–Trinajstić information content (AvgIpc) is 3.38. The number of ether oxygens (including phenoxy) is 4. The van der Waals surface area contributed by atoms with Crippen LogP contribution in [0.1, 0.15) is 99.8 Å². The van der Waals surface area contributed by atoms with Gasteiger partial charge in [0, 0.05) is 6.42 Å². The highest BCUT2D eigenvalue weighted by Gasteiger charge is 2.66. The first kappa shape index (κ1) is 39.9. The first-order valence-corrected chi connectivity index (χ1v) is 19.6. The summed E-state index contributed by atoms with van der Waals surface area (Å²) >= 11 is 0. The lowest BCUT2D eigenvalue weighted by Gasteiger charge is -2.63. The van der Waals surface area contributed by atoms with Gasteiger partial charge in [0.15, 0.2) is 12.6 Å². The first-order chi connectivity index (χ1) is 23.9. The van der Waals surface area contributed by atoms with Crippen LogP contribution < -0.4 is 0 Å². The molecular weight excluding hydrogens is 660 g/mol. The van der Waals surface area contributed by atoms with E-state index in [2.05, 4.69) is 26.8 Å². The third-order valence-corrected chi connectivity index (χ3v) is 15.0. The predicted octanol–water partition coefficient (Wildman–Crippen LogP) is 2.00. The Hall–Kier alpha value is -0.740. The minimum Gasteiger partial charge on any atom is -0.393 e. The van der Waals surface area contributed by atoms with Gasteiger partial charge in [-0.25, -0.2) is 0 Å². The van der Waals surface area contributed by atoms with Crippen molar-refractivity contribution in [2.75, 3.05) is 0 Å². The van der Waals surface area contributed by atoms with Crippen LogP contribution in [0.5, 0.6) is 0 Å². The highest BCUT2D eigenvalue weighted by Crippen LogP contribution is 2.69. The molecular formula is C39H66O12. The standard InChI is InChI=1S/C39H66O12/c1-17(2)8-11-26(41)18(3)29-27(50-36-34(46)32(44)30(42)19(4)48-36)16-25-23-10-9-21-14-22(40)15-28(39(21,7)24(23)12-13-38(25,29)6)51-37-35(47)33(45)31(43)20(5)49-37/h8,18-37,40-47H,9-16H2,1-7H3. The topological polar surface area (TPSA) is 199 Å². The zero-order chi connectivity index (χ0) is 37.3. The SMILES string of the molecule is CC(C)=CCC(O)C(C)C1C(OC2OC(C)C(O)C(O)C2O)CC2C3CCC4CC(O)CC(OC5OC(C)C(O)C(O)C5O)C4(C)C3CCC21C. The fourth-order valence-corrected chi connectivity index (χ4v) is 12.0. The minimum atomic E-state index is -1.43. The summed E-state index contributed by atoms with van der Waals surface area (Å²) in [5, 5.41) is 86.4. The summed E-state index contributed by atoms with van der Waals surface area (Å²) in [6.07, 6.45) is -5.96. The molecule has 6 aliphatic rings. The number of aliphatic hydroxyl groups is 8. The molecule has 51 heavy (non-hydrogen) atoms. The molecule has 12 heteroatoms. The molecule has 0 spiro atoms. The number of allylic oxidation sites excluding steroid dienone is 1. The molecule has 22 unspecified atom stereocenters. The van der Waals surface area contributed by atoms with Crippen molar-refractivity contribution in [2.45, 2.75) is 186 Å². The molecule has 8 N–H and O–H groups in total. The van der Waals surface area contributed by atoms with Gasteiger partial charge in [0.2, 0.25) is 0 Å². The summed E-state index contributed by atoms with van der Waals surface area (Å²) in [4.78, 5) is 0. The monoisotopic (exact) mass is 726 g/mol. The van der Waals surface area contributed by atoms with E-state index in [1.54, 1.807) is 13.8 Å². The van der Waals surface area contributed by atoms with Gasteiger partial charge in [0.1, 0.15) is 36.6 Å². The van der Waals surface area contributed by atoms with Crippen LogP contribution in [0.4, 0.5) is 0 Å². The van der Waals surface area contributed by atoms with E-state index in [0.717, 1.165) is 31.3 Å². The lowest BCUT2D eigenvalue weighted by Crippen LogP contribution is -2.63. The second-order valence-electron chi connectivity index (χ2n) is 18.1. The van der Waals surface area contributed by atoms with Crippen molar-refractivity contribution in [3.63, 3.8) is 0 Å². The van der Waals surface area contributed by atoms with Gasteiger partial charge < -0.3 is 59.8 Å². The van der Waals surface area contributed by atoms with E-state index in [1.807, 2.05) is 13.8 Å². The Balaban J connectivity index is 1.30. The van der Waals surface area contributed by atoms with Crippen LogP contribution in [0.2, 0.25) is 0 Å². The summed E-state index contributed by atoms with van der Waals surface area (Å²) < 4.78 is 25.2. The maximum atomic E-state index is 11.6. The van der Waals surface area contributed by atoms with Gasteiger partial charge in [-0.1, -0.05) is 32.4 Å². The molecule has 2 aliphatic heterocycles. The first-order valence-electron chi connectivity index (χ1n) is 19.6. The van der Waals surface area contributed by atoms with Crippen molar-refractivity contribution in [1.29, 1.82) is 0 Å². The highest BCUT2D eigenvalue weighted by molar-refractivity contribution is 5.15. The molecule has 0 aromatic heterocycles. The van der Waals surface area contributed by atoms with E-state index in [1.165, 1.54) is 0 Å². The normalized spacial score (nSPS) is 54.1. The quantitative estimate of drug-likeness (QED) is 0.170. The highest BCUT2D eigenvalue weighted by atomic mass is 16.7.